The summed E-state index contributed by atoms with van der Waals surface area (Å²) in [5.41, 5.74) is 1.15. The Morgan fingerprint density at radius 3 is 2.78 bits per heavy atom. The molecule has 0 bridgehead atoms. The van der Waals surface area contributed by atoms with Crippen LogP contribution in [0.15, 0.2) is 22.7 Å². The van der Waals surface area contributed by atoms with Gasteiger partial charge in [-0.3, -0.25) is 0 Å². The monoisotopic (exact) mass is 315 g/mol. The molecular weight excluding hydrogens is 297 g/mol. The Labute approximate surface area is 116 Å². The Bertz CT molecular complexity index is 393. The number of rotatable bonds is 4. The van der Waals surface area contributed by atoms with Crippen LogP contribution in [0.1, 0.15) is 31.4 Å². The third kappa shape index (κ3) is 3.31. The summed E-state index contributed by atoms with van der Waals surface area (Å²) in [5, 5.41) is 3.52. The highest BCUT2D eigenvalue weighted by molar-refractivity contribution is 9.10. The summed E-state index contributed by atoms with van der Waals surface area (Å²) in [6.45, 7) is 4.67. The second kappa shape index (κ2) is 6.64. The van der Waals surface area contributed by atoms with E-state index in [2.05, 4.69) is 28.2 Å². The Morgan fingerprint density at radius 1 is 1.44 bits per heavy atom. The van der Waals surface area contributed by atoms with Crippen molar-refractivity contribution in [3.8, 4) is 0 Å². The molecule has 1 aromatic carbocycles. The summed E-state index contributed by atoms with van der Waals surface area (Å²) in [5.74, 6) is 0.358. The highest BCUT2D eigenvalue weighted by atomic mass is 79.9. The van der Waals surface area contributed by atoms with Gasteiger partial charge in [-0.2, -0.15) is 0 Å². The molecule has 4 heteroatoms. The third-order valence-corrected chi connectivity index (χ3v) is 4.07. The van der Waals surface area contributed by atoms with Gasteiger partial charge in [-0.15, -0.1) is 0 Å². The zero-order valence-electron chi connectivity index (χ0n) is 10.6. The fraction of sp³-hybridized carbons (Fsp3) is 0.571. The number of hydrogen-bond donors (Lipinski definition) is 1. The van der Waals surface area contributed by atoms with Crippen molar-refractivity contribution in [2.75, 3.05) is 19.8 Å². The largest absolute Gasteiger partial charge is 0.381 e. The topological polar surface area (TPSA) is 21.3 Å². The minimum atomic E-state index is -0.207. The number of halogens is 2. The summed E-state index contributed by atoms with van der Waals surface area (Å²) in [4.78, 5) is 0. The van der Waals surface area contributed by atoms with E-state index in [4.69, 9.17) is 4.74 Å². The molecule has 0 aliphatic carbocycles. The summed E-state index contributed by atoms with van der Waals surface area (Å²) in [6.07, 6.45) is 2.12. The average molecular weight is 316 g/mol. The zero-order valence-corrected chi connectivity index (χ0v) is 12.2. The molecule has 0 saturated carbocycles. The fourth-order valence-electron chi connectivity index (χ4n) is 2.53. The van der Waals surface area contributed by atoms with E-state index in [9.17, 15) is 4.39 Å². The maximum absolute atomic E-state index is 13.3. The summed E-state index contributed by atoms with van der Waals surface area (Å²) in [6, 6.07) is 5.58. The van der Waals surface area contributed by atoms with Gasteiger partial charge in [-0.1, -0.05) is 13.0 Å². The molecule has 1 aliphatic rings. The smallest absolute Gasteiger partial charge is 0.137 e. The molecule has 1 saturated heterocycles. The first-order chi connectivity index (χ1) is 8.72. The molecule has 2 rings (SSSR count). The van der Waals surface area contributed by atoms with Crippen LogP contribution in [0, 0.1) is 11.7 Å². The molecule has 1 aliphatic heterocycles. The molecule has 0 spiro atoms. The van der Waals surface area contributed by atoms with E-state index in [0.717, 1.165) is 38.2 Å². The van der Waals surface area contributed by atoms with Crippen molar-refractivity contribution >= 4 is 15.9 Å². The van der Waals surface area contributed by atoms with Crippen molar-refractivity contribution in [3.05, 3.63) is 34.1 Å². The van der Waals surface area contributed by atoms with Gasteiger partial charge in [0.15, 0.2) is 0 Å². The average Bonchev–Trinajstić information content (AvgIpc) is 2.40. The van der Waals surface area contributed by atoms with E-state index in [1.807, 2.05) is 12.1 Å². The summed E-state index contributed by atoms with van der Waals surface area (Å²) in [7, 11) is 0. The van der Waals surface area contributed by atoms with E-state index in [1.54, 1.807) is 0 Å². The maximum Gasteiger partial charge on any atom is 0.137 e. The molecule has 0 amide bonds. The van der Waals surface area contributed by atoms with Gasteiger partial charge in [-0.05, 0) is 58.9 Å². The Kier molecular flexibility index (Phi) is 5.15. The van der Waals surface area contributed by atoms with E-state index >= 15 is 0 Å². The molecule has 1 heterocycles. The SMILES string of the molecule is CCNC(c1ccc(F)c(Br)c1)C1CCOCC1. The minimum Gasteiger partial charge on any atom is -0.381 e. The summed E-state index contributed by atoms with van der Waals surface area (Å²) < 4.78 is 19.2. The lowest BCUT2D eigenvalue weighted by Gasteiger charge is -2.31. The van der Waals surface area contributed by atoms with Gasteiger partial charge in [0.25, 0.3) is 0 Å². The molecule has 0 aromatic heterocycles. The molecule has 1 N–H and O–H groups in total. The second-order valence-corrected chi connectivity index (χ2v) is 5.51. The first-order valence-electron chi connectivity index (χ1n) is 6.48. The van der Waals surface area contributed by atoms with Crippen molar-refractivity contribution < 1.29 is 9.13 Å². The van der Waals surface area contributed by atoms with Crippen LogP contribution in [-0.4, -0.2) is 19.8 Å². The number of ether oxygens (including phenoxy) is 1. The molecule has 100 valence electrons. The highest BCUT2D eigenvalue weighted by Crippen LogP contribution is 2.31. The molecule has 1 atom stereocenters. The lowest BCUT2D eigenvalue weighted by Crippen LogP contribution is -2.32. The van der Waals surface area contributed by atoms with Gasteiger partial charge < -0.3 is 10.1 Å². The van der Waals surface area contributed by atoms with Gasteiger partial charge in [0.1, 0.15) is 5.82 Å². The Balaban J connectivity index is 2.19. The molecule has 1 unspecified atom stereocenters. The molecule has 2 nitrogen and oxygen atoms in total. The minimum absolute atomic E-state index is 0.207. The quantitative estimate of drug-likeness (QED) is 0.915. The van der Waals surface area contributed by atoms with Crippen LogP contribution in [-0.2, 0) is 4.74 Å². The molecule has 18 heavy (non-hydrogen) atoms. The Hall–Kier alpha value is -0.450. The van der Waals surface area contributed by atoms with Crippen molar-refractivity contribution in [1.82, 2.24) is 5.32 Å². The second-order valence-electron chi connectivity index (χ2n) is 4.66. The van der Waals surface area contributed by atoms with E-state index in [1.165, 1.54) is 6.07 Å². The van der Waals surface area contributed by atoms with E-state index < -0.39 is 0 Å². The van der Waals surface area contributed by atoms with Gasteiger partial charge in [0.2, 0.25) is 0 Å². The van der Waals surface area contributed by atoms with Crippen LogP contribution >= 0.6 is 15.9 Å². The number of hydrogen-bond acceptors (Lipinski definition) is 2. The van der Waals surface area contributed by atoms with Gasteiger partial charge in [0, 0.05) is 19.3 Å². The van der Waals surface area contributed by atoms with Crippen LogP contribution in [0.4, 0.5) is 4.39 Å². The van der Waals surface area contributed by atoms with Crippen LogP contribution in [0.5, 0.6) is 0 Å². The third-order valence-electron chi connectivity index (χ3n) is 3.46. The predicted molar refractivity (Wildman–Crippen MR) is 74.1 cm³/mol. The normalized spacial score (nSPS) is 18.8. The molecular formula is C14H19BrFNO. The van der Waals surface area contributed by atoms with Crippen molar-refractivity contribution in [3.63, 3.8) is 0 Å². The van der Waals surface area contributed by atoms with Gasteiger partial charge in [-0.25, -0.2) is 4.39 Å². The van der Waals surface area contributed by atoms with Crippen molar-refractivity contribution in [2.24, 2.45) is 5.92 Å². The van der Waals surface area contributed by atoms with Crippen LogP contribution in [0.2, 0.25) is 0 Å². The first kappa shape index (κ1) is 14.0. The lowest BCUT2D eigenvalue weighted by atomic mass is 9.87. The van der Waals surface area contributed by atoms with Crippen molar-refractivity contribution in [2.45, 2.75) is 25.8 Å². The highest BCUT2D eigenvalue weighted by Gasteiger charge is 2.25. The first-order valence-corrected chi connectivity index (χ1v) is 7.27. The van der Waals surface area contributed by atoms with E-state index in [-0.39, 0.29) is 11.9 Å². The molecule has 1 aromatic rings. The van der Waals surface area contributed by atoms with Crippen LogP contribution < -0.4 is 5.32 Å². The number of nitrogens with one attached hydrogen (secondary N) is 1. The molecule has 0 radical (unpaired) electrons. The van der Waals surface area contributed by atoms with Gasteiger partial charge >= 0.3 is 0 Å². The number of benzene rings is 1. The standard InChI is InChI=1S/C14H19BrFNO/c1-2-17-14(10-5-7-18-8-6-10)11-3-4-13(16)12(15)9-11/h3-4,9-10,14,17H,2,5-8H2,1H3. The van der Waals surface area contributed by atoms with Crippen LogP contribution in [0.3, 0.4) is 0 Å². The zero-order chi connectivity index (χ0) is 13.0. The van der Waals surface area contributed by atoms with E-state index in [0.29, 0.717) is 10.4 Å². The fourth-order valence-corrected chi connectivity index (χ4v) is 2.93. The maximum atomic E-state index is 13.3. The van der Waals surface area contributed by atoms with Crippen LogP contribution in [0.25, 0.3) is 0 Å². The lowest BCUT2D eigenvalue weighted by molar-refractivity contribution is 0.0538. The Morgan fingerprint density at radius 2 is 2.17 bits per heavy atom. The van der Waals surface area contributed by atoms with Crippen molar-refractivity contribution in [1.29, 1.82) is 0 Å². The molecule has 1 fully saturated rings. The summed E-state index contributed by atoms with van der Waals surface area (Å²) >= 11 is 3.26. The predicted octanol–water partition coefficient (Wildman–Crippen LogP) is 3.67. The van der Waals surface area contributed by atoms with Gasteiger partial charge in [0.05, 0.1) is 4.47 Å².